The summed E-state index contributed by atoms with van der Waals surface area (Å²) in [6.45, 7) is 1.64. The first kappa shape index (κ1) is 13.5. The molecule has 2 rings (SSSR count). The van der Waals surface area contributed by atoms with Crippen LogP contribution in [0.2, 0.25) is 5.15 Å². The quantitative estimate of drug-likeness (QED) is 0.898. The Kier molecular flexibility index (Phi) is 3.78. The zero-order valence-electron chi connectivity index (χ0n) is 10.3. The topological polar surface area (TPSA) is 80.9 Å². The van der Waals surface area contributed by atoms with Crippen molar-refractivity contribution >= 4 is 23.3 Å². The minimum atomic E-state index is -1.15. The molecule has 1 unspecified atom stereocenters. The third-order valence-corrected chi connectivity index (χ3v) is 2.92. The fourth-order valence-corrected chi connectivity index (χ4v) is 1.65. The number of nitrogens with one attached hydrogen (secondary N) is 1. The second-order valence-corrected chi connectivity index (χ2v) is 4.65. The molecule has 2 aromatic rings. The molecule has 0 bridgehead atoms. The number of hydrogen-bond acceptors (Lipinski definition) is 4. The molecule has 0 aliphatic carbocycles. The molecule has 0 aliphatic heterocycles. The van der Waals surface area contributed by atoms with Crippen LogP contribution < -0.4 is 11.1 Å². The summed E-state index contributed by atoms with van der Waals surface area (Å²) in [5, 5.41) is 10.3. The highest BCUT2D eigenvalue weighted by Gasteiger charge is 2.30. The Hall–Kier alpha value is -1.98. The predicted octanol–water partition coefficient (Wildman–Crippen LogP) is 1.94. The van der Waals surface area contributed by atoms with Gasteiger partial charge < -0.3 is 11.1 Å². The molecule has 0 saturated heterocycles. The van der Waals surface area contributed by atoms with E-state index in [1.54, 1.807) is 31.2 Å². The standard InChI is InChI=1S/C13H13ClN4O/c1-13(15,9-5-3-2-4-6-9)12(19)16-11-8-7-10(14)17-18-11/h2-8H,15H2,1H3,(H,16,18,19). The molecule has 0 radical (unpaired) electrons. The minimum absolute atomic E-state index is 0.261. The molecule has 1 amide bonds. The highest BCUT2D eigenvalue weighted by molar-refractivity contribution is 6.29. The van der Waals surface area contributed by atoms with Gasteiger partial charge in [0.15, 0.2) is 11.0 Å². The molecule has 98 valence electrons. The molecule has 19 heavy (non-hydrogen) atoms. The zero-order valence-corrected chi connectivity index (χ0v) is 11.1. The smallest absolute Gasteiger partial charge is 0.249 e. The molecular weight excluding hydrogens is 264 g/mol. The number of carbonyl (C=O) groups is 1. The van der Waals surface area contributed by atoms with Crippen LogP contribution in [0.25, 0.3) is 0 Å². The first-order valence-electron chi connectivity index (χ1n) is 5.65. The van der Waals surface area contributed by atoms with Crippen LogP contribution in [0, 0.1) is 0 Å². The molecule has 0 spiro atoms. The number of rotatable bonds is 3. The molecule has 1 aromatic heterocycles. The van der Waals surface area contributed by atoms with Crippen LogP contribution in [-0.4, -0.2) is 16.1 Å². The molecule has 1 heterocycles. The van der Waals surface area contributed by atoms with Gasteiger partial charge in [-0.15, -0.1) is 10.2 Å². The highest BCUT2D eigenvalue weighted by Crippen LogP contribution is 2.19. The van der Waals surface area contributed by atoms with Crippen LogP contribution in [0.4, 0.5) is 5.82 Å². The Morgan fingerprint density at radius 2 is 1.89 bits per heavy atom. The summed E-state index contributed by atoms with van der Waals surface area (Å²) in [5.41, 5.74) is 5.64. The minimum Gasteiger partial charge on any atom is -0.314 e. The van der Waals surface area contributed by atoms with E-state index in [0.717, 1.165) is 5.56 Å². The molecular formula is C13H13ClN4O. The summed E-state index contributed by atoms with van der Waals surface area (Å²) in [6.07, 6.45) is 0. The fourth-order valence-electron chi connectivity index (χ4n) is 1.54. The maximum atomic E-state index is 12.2. The van der Waals surface area contributed by atoms with Crippen LogP contribution in [0.1, 0.15) is 12.5 Å². The second-order valence-electron chi connectivity index (χ2n) is 4.26. The lowest BCUT2D eigenvalue weighted by Gasteiger charge is -2.23. The zero-order chi connectivity index (χ0) is 13.9. The maximum absolute atomic E-state index is 12.2. The van der Waals surface area contributed by atoms with Gasteiger partial charge in [-0.05, 0) is 24.6 Å². The van der Waals surface area contributed by atoms with Crippen LogP contribution >= 0.6 is 11.6 Å². The normalized spacial score (nSPS) is 13.6. The van der Waals surface area contributed by atoms with Crippen molar-refractivity contribution in [3.8, 4) is 0 Å². The average Bonchev–Trinajstić information content (AvgIpc) is 2.42. The number of nitrogens with two attached hydrogens (primary N) is 1. The van der Waals surface area contributed by atoms with E-state index in [0.29, 0.717) is 5.82 Å². The van der Waals surface area contributed by atoms with Gasteiger partial charge in [0.25, 0.3) is 0 Å². The lowest BCUT2D eigenvalue weighted by molar-refractivity contribution is -0.120. The van der Waals surface area contributed by atoms with Crippen molar-refractivity contribution in [3.63, 3.8) is 0 Å². The number of halogens is 1. The summed E-state index contributed by atoms with van der Waals surface area (Å²) >= 11 is 5.62. The second kappa shape index (κ2) is 5.34. The summed E-state index contributed by atoms with van der Waals surface area (Å²) in [5.74, 6) is -0.0580. The van der Waals surface area contributed by atoms with E-state index in [4.69, 9.17) is 17.3 Å². The van der Waals surface area contributed by atoms with Gasteiger partial charge >= 0.3 is 0 Å². The van der Waals surface area contributed by atoms with Gasteiger partial charge in [-0.25, -0.2) is 0 Å². The summed E-state index contributed by atoms with van der Waals surface area (Å²) < 4.78 is 0. The molecule has 0 aliphatic rings. The third-order valence-electron chi connectivity index (χ3n) is 2.72. The molecule has 6 heteroatoms. The van der Waals surface area contributed by atoms with Gasteiger partial charge in [0, 0.05) is 0 Å². The molecule has 1 aromatic carbocycles. The first-order chi connectivity index (χ1) is 9.00. The van der Waals surface area contributed by atoms with Gasteiger partial charge in [-0.3, -0.25) is 4.79 Å². The lowest BCUT2D eigenvalue weighted by atomic mass is 9.92. The monoisotopic (exact) mass is 276 g/mol. The largest absolute Gasteiger partial charge is 0.314 e. The van der Waals surface area contributed by atoms with E-state index in [1.807, 2.05) is 18.2 Å². The van der Waals surface area contributed by atoms with E-state index < -0.39 is 5.54 Å². The number of benzene rings is 1. The Balaban J connectivity index is 2.17. The van der Waals surface area contributed by atoms with E-state index in [9.17, 15) is 4.79 Å². The van der Waals surface area contributed by atoms with Gasteiger partial charge in [0.2, 0.25) is 5.91 Å². The predicted molar refractivity (Wildman–Crippen MR) is 73.7 cm³/mol. The Labute approximate surface area is 115 Å². The van der Waals surface area contributed by atoms with Gasteiger partial charge in [0.1, 0.15) is 5.54 Å². The van der Waals surface area contributed by atoms with Crippen molar-refractivity contribution in [1.82, 2.24) is 10.2 Å². The maximum Gasteiger partial charge on any atom is 0.249 e. The van der Waals surface area contributed by atoms with Crippen molar-refractivity contribution in [1.29, 1.82) is 0 Å². The van der Waals surface area contributed by atoms with Gasteiger partial charge in [-0.2, -0.15) is 0 Å². The highest BCUT2D eigenvalue weighted by atomic mass is 35.5. The van der Waals surface area contributed by atoms with Gasteiger partial charge in [0.05, 0.1) is 0 Å². The van der Waals surface area contributed by atoms with Crippen LogP contribution in [0.3, 0.4) is 0 Å². The summed E-state index contributed by atoms with van der Waals surface area (Å²) in [6, 6.07) is 12.2. The Morgan fingerprint density at radius 1 is 1.21 bits per heavy atom. The van der Waals surface area contributed by atoms with Crippen molar-refractivity contribution in [3.05, 3.63) is 53.2 Å². The summed E-state index contributed by atoms with van der Waals surface area (Å²) in [4.78, 5) is 12.2. The van der Waals surface area contributed by atoms with E-state index in [-0.39, 0.29) is 11.1 Å². The van der Waals surface area contributed by atoms with Crippen molar-refractivity contribution in [2.45, 2.75) is 12.5 Å². The average molecular weight is 277 g/mol. The SMILES string of the molecule is CC(N)(C(=O)Nc1ccc(Cl)nn1)c1ccccc1. The summed E-state index contributed by atoms with van der Waals surface area (Å²) in [7, 11) is 0. The first-order valence-corrected chi connectivity index (χ1v) is 6.03. The van der Waals surface area contributed by atoms with Crippen LogP contribution in [0.15, 0.2) is 42.5 Å². The number of carbonyl (C=O) groups excluding carboxylic acids is 1. The van der Waals surface area contributed by atoms with Crippen LogP contribution in [0.5, 0.6) is 0 Å². The number of nitrogens with zero attached hydrogens (tertiary/aromatic N) is 2. The Bertz CT molecular complexity index is 569. The molecule has 5 nitrogen and oxygen atoms in total. The molecule has 0 fully saturated rings. The van der Waals surface area contributed by atoms with Crippen molar-refractivity contribution in [2.75, 3.05) is 5.32 Å². The van der Waals surface area contributed by atoms with E-state index >= 15 is 0 Å². The van der Waals surface area contributed by atoms with Crippen LogP contribution in [-0.2, 0) is 10.3 Å². The molecule has 1 atom stereocenters. The van der Waals surface area contributed by atoms with E-state index in [2.05, 4.69) is 15.5 Å². The molecule has 0 saturated carbocycles. The Morgan fingerprint density at radius 3 is 2.47 bits per heavy atom. The van der Waals surface area contributed by atoms with Crippen molar-refractivity contribution < 1.29 is 4.79 Å². The lowest BCUT2D eigenvalue weighted by Crippen LogP contribution is -2.45. The van der Waals surface area contributed by atoms with Crippen molar-refractivity contribution in [2.24, 2.45) is 5.73 Å². The molecule has 3 N–H and O–H groups in total. The van der Waals surface area contributed by atoms with Gasteiger partial charge in [-0.1, -0.05) is 41.9 Å². The number of aromatic nitrogens is 2. The van der Waals surface area contributed by atoms with E-state index in [1.165, 1.54) is 0 Å². The number of amides is 1. The fraction of sp³-hybridized carbons (Fsp3) is 0.154. The third kappa shape index (κ3) is 3.07. The number of hydrogen-bond donors (Lipinski definition) is 2. The number of anilines is 1.